The fourth-order valence-corrected chi connectivity index (χ4v) is 4.21. The van der Waals surface area contributed by atoms with Crippen molar-refractivity contribution in [2.75, 3.05) is 5.75 Å². The quantitative estimate of drug-likeness (QED) is 0.471. The summed E-state index contributed by atoms with van der Waals surface area (Å²) in [5.41, 5.74) is 0.563. The van der Waals surface area contributed by atoms with Crippen LogP contribution in [0, 0.1) is 0 Å². The van der Waals surface area contributed by atoms with E-state index in [1.54, 1.807) is 31.6 Å². The number of imidazole rings is 1. The summed E-state index contributed by atoms with van der Waals surface area (Å²) < 4.78 is 66.2. The van der Waals surface area contributed by atoms with Crippen molar-refractivity contribution in [3.63, 3.8) is 0 Å². The highest BCUT2D eigenvalue weighted by Gasteiger charge is 2.33. The van der Waals surface area contributed by atoms with Gasteiger partial charge in [-0.2, -0.15) is 13.2 Å². The zero-order chi connectivity index (χ0) is 22.4. The molecule has 4 aromatic heterocycles. The molecule has 0 saturated carbocycles. The predicted octanol–water partition coefficient (Wildman–Crippen LogP) is 3.90. The first-order valence-electron chi connectivity index (χ1n) is 9.15. The number of hydrogen-bond acceptors (Lipinski definition) is 6. The molecule has 7 nitrogen and oxygen atoms in total. The van der Waals surface area contributed by atoms with Gasteiger partial charge in [-0.05, 0) is 18.2 Å². The summed E-state index contributed by atoms with van der Waals surface area (Å²) in [5, 5.41) is 0. The number of alkyl halides is 3. The van der Waals surface area contributed by atoms with Crippen molar-refractivity contribution in [3.05, 3.63) is 54.7 Å². The Bertz CT molecular complexity index is 1380. The molecule has 0 aliphatic heterocycles. The molecule has 31 heavy (non-hydrogen) atoms. The zero-order valence-electron chi connectivity index (χ0n) is 16.4. The number of aryl methyl sites for hydroxylation is 1. The van der Waals surface area contributed by atoms with Gasteiger partial charge in [-0.3, -0.25) is 9.97 Å². The normalized spacial score (nSPS) is 12.4. The molecule has 11 heteroatoms. The first kappa shape index (κ1) is 20.9. The van der Waals surface area contributed by atoms with E-state index in [1.807, 2.05) is 0 Å². The van der Waals surface area contributed by atoms with E-state index in [-0.39, 0.29) is 27.7 Å². The second-order valence-corrected chi connectivity index (χ2v) is 9.01. The number of pyridine rings is 3. The molecule has 0 atom stereocenters. The van der Waals surface area contributed by atoms with Crippen LogP contribution in [-0.2, 0) is 23.1 Å². The van der Waals surface area contributed by atoms with Crippen LogP contribution >= 0.6 is 0 Å². The fraction of sp³-hybridized carbons (Fsp3) is 0.200. The molecule has 0 amide bonds. The molecular weight excluding hydrogens is 431 g/mol. The van der Waals surface area contributed by atoms with Gasteiger partial charge >= 0.3 is 6.18 Å². The van der Waals surface area contributed by atoms with Gasteiger partial charge in [0.2, 0.25) is 0 Å². The third kappa shape index (κ3) is 3.76. The van der Waals surface area contributed by atoms with Gasteiger partial charge in [0.1, 0.15) is 11.4 Å². The number of nitrogens with zero attached hydrogens (tertiary/aromatic N) is 5. The van der Waals surface area contributed by atoms with Crippen LogP contribution < -0.4 is 0 Å². The van der Waals surface area contributed by atoms with Crippen LogP contribution in [0.5, 0.6) is 0 Å². The maximum atomic E-state index is 13.0. The third-order valence-electron chi connectivity index (χ3n) is 4.83. The molecule has 0 saturated heterocycles. The first-order valence-corrected chi connectivity index (χ1v) is 10.8. The van der Waals surface area contributed by atoms with Crippen LogP contribution in [0.3, 0.4) is 0 Å². The van der Waals surface area contributed by atoms with E-state index in [2.05, 4.69) is 19.9 Å². The molecular formula is C20H16F3N5O2S. The van der Waals surface area contributed by atoms with Gasteiger partial charge in [-0.1, -0.05) is 13.0 Å². The van der Waals surface area contributed by atoms with E-state index < -0.39 is 21.7 Å². The van der Waals surface area contributed by atoms with Crippen LogP contribution in [0.2, 0.25) is 0 Å². The number of rotatable bonds is 4. The highest BCUT2D eigenvalue weighted by Crippen LogP contribution is 2.33. The van der Waals surface area contributed by atoms with Crippen molar-refractivity contribution in [1.29, 1.82) is 0 Å². The van der Waals surface area contributed by atoms with Crippen molar-refractivity contribution in [3.8, 4) is 22.6 Å². The molecule has 4 heterocycles. The predicted molar refractivity (Wildman–Crippen MR) is 108 cm³/mol. The molecule has 0 bridgehead atoms. The molecule has 0 spiro atoms. The monoisotopic (exact) mass is 447 g/mol. The van der Waals surface area contributed by atoms with Crippen molar-refractivity contribution < 1.29 is 21.6 Å². The standard InChI is InChI=1S/C20H16F3N5O2S/c1-3-31(29,30)16-7-13(12-5-4-6-24-9-12)10-26-18(16)19-27-14-8-17(20(21,22)23)25-11-15(14)28(19)2/h4-11H,3H2,1-2H3. The molecule has 4 aromatic rings. The summed E-state index contributed by atoms with van der Waals surface area (Å²) in [6.45, 7) is 1.50. The van der Waals surface area contributed by atoms with E-state index in [4.69, 9.17) is 0 Å². The van der Waals surface area contributed by atoms with Crippen molar-refractivity contribution in [1.82, 2.24) is 24.5 Å². The molecule has 0 N–H and O–H groups in total. The Morgan fingerprint density at radius 3 is 2.48 bits per heavy atom. The van der Waals surface area contributed by atoms with Gasteiger partial charge in [0.15, 0.2) is 15.7 Å². The zero-order valence-corrected chi connectivity index (χ0v) is 17.2. The molecule has 0 aliphatic carbocycles. The van der Waals surface area contributed by atoms with Gasteiger partial charge in [0.25, 0.3) is 0 Å². The Morgan fingerprint density at radius 1 is 1.06 bits per heavy atom. The summed E-state index contributed by atoms with van der Waals surface area (Å²) in [6, 6.07) is 5.80. The number of sulfone groups is 1. The van der Waals surface area contributed by atoms with Crippen molar-refractivity contribution >= 4 is 20.9 Å². The van der Waals surface area contributed by atoms with Gasteiger partial charge in [-0.15, -0.1) is 0 Å². The average molecular weight is 447 g/mol. The minimum absolute atomic E-state index is 0.0396. The highest BCUT2D eigenvalue weighted by molar-refractivity contribution is 7.91. The summed E-state index contributed by atoms with van der Waals surface area (Å²) >= 11 is 0. The molecule has 0 radical (unpaired) electrons. The lowest BCUT2D eigenvalue weighted by atomic mass is 10.1. The van der Waals surface area contributed by atoms with Gasteiger partial charge < -0.3 is 4.57 Å². The number of halogens is 3. The molecule has 160 valence electrons. The Kier molecular flexibility index (Phi) is 5.00. The average Bonchev–Trinajstić information content (AvgIpc) is 3.09. The number of hydrogen-bond donors (Lipinski definition) is 0. The van der Waals surface area contributed by atoms with E-state index >= 15 is 0 Å². The molecule has 0 unspecified atom stereocenters. The SMILES string of the molecule is CCS(=O)(=O)c1cc(-c2cccnc2)cnc1-c1nc2cc(C(F)(F)F)ncc2n1C. The summed E-state index contributed by atoms with van der Waals surface area (Å²) in [5.74, 6) is -0.0529. The maximum absolute atomic E-state index is 13.0. The Balaban J connectivity index is 1.95. The second-order valence-electron chi connectivity index (χ2n) is 6.77. The van der Waals surface area contributed by atoms with E-state index in [0.717, 1.165) is 12.3 Å². The topological polar surface area (TPSA) is 90.6 Å². The van der Waals surface area contributed by atoms with Crippen LogP contribution in [-0.4, -0.2) is 38.7 Å². The van der Waals surface area contributed by atoms with Gasteiger partial charge in [-0.25, -0.2) is 18.4 Å². The molecule has 0 fully saturated rings. The second kappa shape index (κ2) is 7.41. The third-order valence-corrected chi connectivity index (χ3v) is 6.57. The summed E-state index contributed by atoms with van der Waals surface area (Å²) in [4.78, 5) is 16.0. The molecule has 4 rings (SSSR count). The van der Waals surface area contributed by atoms with E-state index in [1.165, 1.54) is 23.8 Å². The van der Waals surface area contributed by atoms with Crippen molar-refractivity contribution in [2.45, 2.75) is 18.0 Å². The molecule has 0 aliphatic rings. The molecule has 0 aromatic carbocycles. The van der Waals surface area contributed by atoms with Crippen LogP contribution in [0.15, 0.2) is 53.9 Å². The first-order chi connectivity index (χ1) is 14.6. The van der Waals surface area contributed by atoms with Gasteiger partial charge in [0.05, 0.1) is 27.9 Å². The van der Waals surface area contributed by atoms with Crippen LogP contribution in [0.4, 0.5) is 13.2 Å². The number of fused-ring (bicyclic) bond motifs is 1. The van der Waals surface area contributed by atoms with E-state index in [9.17, 15) is 21.6 Å². The lowest BCUT2D eigenvalue weighted by molar-refractivity contribution is -0.141. The van der Waals surface area contributed by atoms with Gasteiger partial charge in [0, 0.05) is 36.8 Å². The fourth-order valence-electron chi connectivity index (χ4n) is 3.15. The highest BCUT2D eigenvalue weighted by atomic mass is 32.2. The smallest absolute Gasteiger partial charge is 0.324 e. The van der Waals surface area contributed by atoms with Crippen molar-refractivity contribution in [2.24, 2.45) is 7.05 Å². The van der Waals surface area contributed by atoms with E-state index in [0.29, 0.717) is 16.6 Å². The summed E-state index contributed by atoms with van der Waals surface area (Å²) in [7, 11) is -2.16. The van der Waals surface area contributed by atoms with Crippen LogP contribution in [0.25, 0.3) is 33.7 Å². The largest absolute Gasteiger partial charge is 0.433 e. The lowest BCUT2D eigenvalue weighted by Gasteiger charge is -2.11. The summed E-state index contributed by atoms with van der Waals surface area (Å²) in [6.07, 6.45) is 1.11. The minimum atomic E-state index is -4.62. The Labute approximate surface area is 175 Å². The lowest BCUT2D eigenvalue weighted by Crippen LogP contribution is -2.09. The Morgan fingerprint density at radius 2 is 1.84 bits per heavy atom. The Hall–Kier alpha value is -3.34. The minimum Gasteiger partial charge on any atom is -0.324 e. The number of aromatic nitrogens is 5. The van der Waals surface area contributed by atoms with Crippen LogP contribution in [0.1, 0.15) is 12.6 Å². The maximum Gasteiger partial charge on any atom is 0.433 e.